The van der Waals surface area contributed by atoms with Crippen LogP contribution in [0.1, 0.15) is 5.82 Å². The zero-order valence-electron chi connectivity index (χ0n) is 15.1. The summed E-state index contributed by atoms with van der Waals surface area (Å²) < 4.78 is 17.4. The number of amides is 1. The molecule has 3 aromatic rings. The number of carbonyl (C=O) groups excluding carboxylic acids is 1. The van der Waals surface area contributed by atoms with Gasteiger partial charge in [-0.2, -0.15) is 0 Å². The highest BCUT2D eigenvalue weighted by Gasteiger charge is 2.17. The van der Waals surface area contributed by atoms with Gasteiger partial charge in [-0.05, 0) is 37.3 Å². The van der Waals surface area contributed by atoms with Crippen molar-refractivity contribution in [2.24, 2.45) is 0 Å². The first-order valence-electron chi connectivity index (χ1n) is 8.26. The molecule has 2 heterocycles. The Hall–Kier alpha value is -3.55. The molecule has 0 bridgehead atoms. The second-order valence-corrected chi connectivity index (χ2v) is 6.28. The van der Waals surface area contributed by atoms with E-state index in [1.807, 2.05) is 0 Å². The molecule has 1 aromatic heterocycles. The molecule has 8 heteroatoms. The first kappa shape index (κ1) is 16.9. The monoisotopic (exact) mass is 367 g/mol. The van der Waals surface area contributed by atoms with Crippen molar-refractivity contribution in [3.63, 3.8) is 0 Å². The summed E-state index contributed by atoms with van der Waals surface area (Å²) in [4.78, 5) is 30.7. The summed E-state index contributed by atoms with van der Waals surface area (Å²) in [5.74, 6) is 2.02. The van der Waals surface area contributed by atoms with E-state index in [0.717, 1.165) is 0 Å². The first-order valence-corrected chi connectivity index (χ1v) is 8.26. The van der Waals surface area contributed by atoms with Crippen LogP contribution < -0.4 is 19.8 Å². The van der Waals surface area contributed by atoms with E-state index in [1.165, 1.54) is 15.5 Å². The normalized spacial score (nSPS) is 12.3. The molecule has 0 fully saturated rings. The van der Waals surface area contributed by atoms with E-state index < -0.39 is 6.09 Å². The van der Waals surface area contributed by atoms with Gasteiger partial charge < -0.3 is 19.1 Å². The maximum absolute atomic E-state index is 13.1. The number of fused-ring (bicyclic) bond motifs is 2. The summed E-state index contributed by atoms with van der Waals surface area (Å²) in [5, 5.41) is 0.349. The van der Waals surface area contributed by atoms with Gasteiger partial charge in [0.1, 0.15) is 11.6 Å². The predicted octanol–water partition coefficient (Wildman–Crippen LogP) is 2.48. The van der Waals surface area contributed by atoms with Crippen molar-refractivity contribution in [1.82, 2.24) is 14.5 Å². The van der Waals surface area contributed by atoms with Gasteiger partial charge in [-0.15, -0.1) is 0 Å². The van der Waals surface area contributed by atoms with E-state index in [9.17, 15) is 9.59 Å². The summed E-state index contributed by atoms with van der Waals surface area (Å²) >= 11 is 0. The predicted molar refractivity (Wildman–Crippen MR) is 97.9 cm³/mol. The van der Waals surface area contributed by atoms with Crippen molar-refractivity contribution < 1.29 is 19.0 Å². The van der Waals surface area contributed by atoms with E-state index in [4.69, 9.17) is 14.2 Å². The number of aromatic nitrogens is 2. The van der Waals surface area contributed by atoms with Crippen molar-refractivity contribution in [3.05, 3.63) is 52.6 Å². The summed E-state index contributed by atoms with van der Waals surface area (Å²) in [7, 11) is 3.17. The molecule has 0 atom stereocenters. The molecule has 0 radical (unpaired) electrons. The lowest BCUT2D eigenvalue weighted by molar-refractivity contribution is 0.172. The van der Waals surface area contributed by atoms with Crippen molar-refractivity contribution in [2.75, 3.05) is 20.9 Å². The molecule has 1 aliphatic heterocycles. The van der Waals surface area contributed by atoms with Crippen LogP contribution >= 0.6 is 0 Å². The van der Waals surface area contributed by atoms with Crippen molar-refractivity contribution in [3.8, 4) is 22.9 Å². The van der Waals surface area contributed by atoms with Gasteiger partial charge in [-0.25, -0.2) is 9.78 Å². The lowest BCUT2D eigenvalue weighted by atomic mass is 10.2. The highest BCUT2D eigenvalue weighted by Crippen LogP contribution is 2.33. The van der Waals surface area contributed by atoms with Crippen molar-refractivity contribution in [1.29, 1.82) is 0 Å². The van der Waals surface area contributed by atoms with Gasteiger partial charge in [0.15, 0.2) is 11.5 Å². The SMILES string of the molecule is Cc1nc2ccc(OC(=O)N(C)C)cc2c(=O)n1-c1ccc2c(c1)OCO2. The molecule has 0 N–H and O–H groups in total. The van der Waals surface area contributed by atoms with Crippen LogP contribution in [-0.4, -0.2) is 41.4 Å². The molecule has 0 saturated heterocycles. The van der Waals surface area contributed by atoms with E-state index in [-0.39, 0.29) is 18.1 Å². The molecule has 0 unspecified atom stereocenters. The van der Waals surface area contributed by atoms with Crippen LogP contribution in [0, 0.1) is 6.92 Å². The van der Waals surface area contributed by atoms with Crippen LogP contribution in [0.3, 0.4) is 0 Å². The molecular weight excluding hydrogens is 350 g/mol. The number of rotatable bonds is 2. The van der Waals surface area contributed by atoms with Gasteiger partial charge in [0.2, 0.25) is 6.79 Å². The smallest absolute Gasteiger partial charge is 0.414 e. The Kier molecular flexibility index (Phi) is 3.95. The average Bonchev–Trinajstić information content (AvgIpc) is 3.10. The number of benzene rings is 2. The second-order valence-electron chi connectivity index (χ2n) is 6.28. The minimum atomic E-state index is -0.523. The molecule has 0 saturated carbocycles. The van der Waals surface area contributed by atoms with Gasteiger partial charge in [-0.1, -0.05) is 0 Å². The summed E-state index contributed by atoms with van der Waals surface area (Å²) in [5.41, 5.74) is 0.880. The highest BCUT2D eigenvalue weighted by atomic mass is 16.7. The third-order valence-electron chi connectivity index (χ3n) is 4.19. The minimum Gasteiger partial charge on any atom is -0.454 e. The fourth-order valence-corrected chi connectivity index (χ4v) is 2.86. The minimum absolute atomic E-state index is 0.156. The molecule has 8 nitrogen and oxygen atoms in total. The van der Waals surface area contributed by atoms with Crippen LogP contribution in [0.15, 0.2) is 41.2 Å². The van der Waals surface area contributed by atoms with Gasteiger partial charge >= 0.3 is 6.09 Å². The molecule has 4 rings (SSSR count). The van der Waals surface area contributed by atoms with E-state index in [0.29, 0.717) is 33.9 Å². The van der Waals surface area contributed by atoms with Crippen LogP contribution in [0.4, 0.5) is 4.79 Å². The average molecular weight is 367 g/mol. The number of hydrogen-bond donors (Lipinski definition) is 0. The Balaban J connectivity index is 1.84. The Labute approximate surface area is 154 Å². The Morgan fingerprint density at radius 1 is 1.15 bits per heavy atom. The van der Waals surface area contributed by atoms with Crippen LogP contribution in [-0.2, 0) is 0 Å². The molecule has 2 aromatic carbocycles. The third kappa shape index (κ3) is 2.95. The topological polar surface area (TPSA) is 82.9 Å². The molecule has 0 aliphatic carbocycles. The van der Waals surface area contributed by atoms with Crippen molar-refractivity contribution >= 4 is 17.0 Å². The van der Waals surface area contributed by atoms with Crippen LogP contribution in [0.2, 0.25) is 0 Å². The lowest BCUT2D eigenvalue weighted by Gasteiger charge is -2.13. The zero-order valence-corrected chi connectivity index (χ0v) is 15.1. The van der Waals surface area contributed by atoms with Gasteiger partial charge in [0.05, 0.1) is 16.6 Å². The summed E-state index contributed by atoms with van der Waals surface area (Å²) in [6, 6.07) is 10.1. The number of nitrogens with zero attached hydrogens (tertiary/aromatic N) is 3. The number of hydrogen-bond acceptors (Lipinski definition) is 6. The van der Waals surface area contributed by atoms with E-state index in [1.54, 1.807) is 51.4 Å². The Bertz CT molecular complexity index is 1120. The fraction of sp³-hybridized carbons (Fsp3) is 0.211. The molecule has 1 aliphatic rings. The number of aryl methyl sites for hydroxylation is 1. The van der Waals surface area contributed by atoms with Gasteiger partial charge in [-0.3, -0.25) is 9.36 Å². The Morgan fingerprint density at radius 3 is 2.70 bits per heavy atom. The Morgan fingerprint density at radius 2 is 1.93 bits per heavy atom. The number of carbonyl (C=O) groups is 1. The quantitative estimate of drug-likeness (QED) is 0.692. The molecule has 1 amide bonds. The highest BCUT2D eigenvalue weighted by molar-refractivity contribution is 5.81. The van der Waals surface area contributed by atoms with E-state index in [2.05, 4.69) is 4.98 Å². The van der Waals surface area contributed by atoms with Crippen LogP contribution in [0.25, 0.3) is 16.6 Å². The maximum atomic E-state index is 13.1. The van der Waals surface area contributed by atoms with E-state index >= 15 is 0 Å². The molecule has 27 heavy (non-hydrogen) atoms. The van der Waals surface area contributed by atoms with Crippen LogP contribution in [0.5, 0.6) is 17.2 Å². The zero-order chi connectivity index (χ0) is 19.1. The molecule has 0 spiro atoms. The standard InChI is InChI=1S/C19H17N3O5/c1-11-20-15-6-5-13(27-19(24)21(2)3)9-14(15)18(23)22(11)12-4-7-16-17(8-12)26-10-25-16/h4-9H,10H2,1-3H3. The largest absolute Gasteiger partial charge is 0.454 e. The summed E-state index contributed by atoms with van der Waals surface area (Å²) in [6.45, 7) is 1.91. The summed E-state index contributed by atoms with van der Waals surface area (Å²) in [6.07, 6.45) is -0.523. The molecular formula is C19H17N3O5. The molecule has 138 valence electrons. The maximum Gasteiger partial charge on any atom is 0.414 e. The fourth-order valence-electron chi connectivity index (χ4n) is 2.86. The number of ether oxygens (including phenoxy) is 3. The van der Waals surface area contributed by atoms with Gasteiger partial charge in [0, 0.05) is 20.2 Å². The third-order valence-corrected chi connectivity index (χ3v) is 4.19. The van der Waals surface area contributed by atoms with Crippen molar-refractivity contribution in [2.45, 2.75) is 6.92 Å². The first-order chi connectivity index (χ1) is 12.9. The second kappa shape index (κ2) is 6.31. The lowest BCUT2D eigenvalue weighted by Crippen LogP contribution is -2.25. The van der Waals surface area contributed by atoms with Gasteiger partial charge in [0.25, 0.3) is 5.56 Å².